The van der Waals surface area contributed by atoms with E-state index in [1.54, 1.807) is 40.8 Å². The van der Waals surface area contributed by atoms with Crippen LogP contribution in [-0.2, 0) is 7.05 Å². The molecule has 0 unspecified atom stereocenters. The molecule has 0 aliphatic carbocycles. The lowest BCUT2D eigenvalue weighted by molar-refractivity contribution is 0.479. The number of aromatic hydroxyl groups is 1. The average Bonchev–Trinajstić information content (AvgIpc) is 3.09. The fourth-order valence-corrected chi connectivity index (χ4v) is 3.40. The molecular formula is C18H14ClFN4O. The second-order valence-electron chi connectivity index (χ2n) is 5.79. The first kappa shape index (κ1) is 15.7. The minimum atomic E-state index is -0.400. The Labute approximate surface area is 147 Å². The maximum Gasteiger partial charge on any atom is 0.144 e. The van der Waals surface area contributed by atoms with Gasteiger partial charge in [-0.3, -0.25) is 9.25 Å². The number of phenolic OH excluding ortho intramolecular Hbond substituents is 1. The minimum absolute atomic E-state index is 0.116. The third-order valence-corrected chi connectivity index (χ3v) is 4.48. The minimum Gasteiger partial charge on any atom is -0.506 e. The van der Waals surface area contributed by atoms with Crippen LogP contribution in [0.15, 0.2) is 42.7 Å². The van der Waals surface area contributed by atoms with Gasteiger partial charge in [0.25, 0.3) is 0 Å². The van der Waals surface area contributed by atoms with E-state index >= 15 is 0 Å². The summed E-state index contributed by atoms with van der Waals surface area (Å²) in [5, 5.41) is 15.1. The smallest absolute Gasteiger partial charge is 0.144 e. The second-order valence-corrected chi connectivity index (χ2v) is 6.20. The Kier molecular flexibility index (Phi) is 3.51. The quantitative estimate of drug-likeness (QED) is 0.584. The van der Waals surface area contributed by atoms with Gasteiger partial charge in [0.2, 0.25) is 0 Å². The van der Waals surface area contributed by atoms with Crippen molar-refractivity contribution in [1.82, 2.24) is 19.3 Å². The first-order valence-electron chi connectivity index (χ1n) is 7.62. The molecule has 4 rings (SSSR count). The zero-order chi connectivity index (χ0) is 17.7. The van der Waals surface area contributed by atoms with Crippen LogP contribution in [0.25, 0.3) is 28.0 Å². The van der Waals surface area contributed by atoms with E-state index in [-0.39, 0.29) is 5.75 Å². The van der Waals surface area contributed by atoms with Gasteiger partial charge in [0.15, 0.2) is 0 Å². The lowest BCUT2D eigenvalue weighted by atomic mass is 10.1. The molecule has 0 atom stereocenters. The summed E-state index contributed by atoms with van der Waals surface area (Å²) in [7, 11) is 1.80. The largest absolute Gasteiger partial charge is 0.506 e. The van der Waals surface area contributed by atoms with Gasteiger partial charge in [0.05, 0.1) is 16.2 Å². The number of imidazole rings is 1. The van der Waals surface area contributed by atoms with Crippen LogP contribution in [0.4, 0.5) is 4.39 Å². The summed E-state index contributed by atoms with van der Waals surface area (Å²) in [6, 6.07) is 9.43. The molecule has 4 aromatic rings. The maximum absolute atomic E-state index is 13.5. The Morgan fingerprint density at radius 3 is 2.76 bits per heavy atom. The number of hydrogen-bond acceptors (Lipinski definition) is 3. The molecule has 0 saturated carbocycles. The van der Waals surface area contributed by atoms with Crippen LogP contribution < -0.4 is 0 Å². The van der Waals surface area contributed by atoms with Crippen molar-refractivity contribution < 1.29 is 9.50 Å². The number of phenols is 1. The van der Waals surface area contributed by atoms with E-state index in [2.05, 4.69) is 10.1 Å². The zero-order valence-corrected chi connectivity index (χ0v) is 14.3. The van der Waals surface area contributed by atoms with E-state index in [0.29, 0.717) is 27.4 Å². The van der Waals surface area contributed by atoms with E-state index in [1.807, 2.05) is 13.0 Å². The van der Waals surface area contributed by atoms with Gasteiger partial charge in [-0.1, -0.05) is 17.7 Å². The molecule has 0 amide bonds. The third-order valence-electron chi connectivity index (χ3n) is 4.17. The second kappa shape index (κ2) is 5.60. The van der Waals surface area contributed by atoms with Crippen molar-refractivity contribution in [3.8, 4) is 22.7 Å². The average molecular weight is 357 g/mol. The topological polar surface area (TPSA) is 55.9 Å². The fraction of sp³-hybridized carbons (Fsp3) is 0.111. The van der Waals surface area contributed by atoms with E-state index in [4.69, 9.17) is 11.6 Å². The van der Waals surface area contributed by atoms with Crippen molar-refractivity contribution in [2.24, 2.45) is 7.05 Å². The standard InChI is InChI=1S/C18H14ClFN4O/c1-10-16(12-7-6-11(20)8-13(12)19)18(23(2)22-10)24-9-21-14-4-3-5-15(25)17(14)24/h3-9,25H,1-2H3. The molecule has 2 heterocycles. The molecule has 0 bridgehead atoms. The lowest BCUT2D eigenvalue weighted by Gasteiger charge is -2.11. The number of nitrogens with zero attached hydrogens (tertiary/aromatic N) is 4. The van der Waals surface area contributed by atoms with Crippen molar-refractivity contribution >= 4 is 22.6 Å². The van der Waals surface area contributed by atoms with Crippen LogP contribution in [0.5, 0.6) is 5.75 Å². The molecule has 1 N–H and O–H groups in total. The summed E-state index contributed by atoms with van der Waals surface area (Å²) in [6.07, 6.45) is 1.63. The highest BCUT2D eigenvalue weighted by Gasteiger charge is 2.21. The Morgan fingerprint density at radius 2 is 2.00 bits per heavy atom. The summed E-state index contributed by atoms with van der Waals surface area (Å²) in [5.74, 6) is 0.405. The SMILES string of the molecule is Cc1nn(C)c(-n2cnc3cccc(O)c32)c1-c1ccc(F)cc1Cl. The highest BCUT2D eigenvalue weighted by atomic mass is 35.5. The molecule has 0 saturated heterocycles. The summed E-state index contributed by atoms with van der Waals surface area (Å²) >= 11 is 6.28. The van der Waals surface area contributed by atoms with Crippen molar-refractivity contribution in [3.05, 3.63) is 59.3 Å². The van der Waals surface area contributed by atoms with Crippen molar-refractivity contribution in [2.75, 3.05) is 0 Å². The molecule has 25 heavy (non-hydrogen) atoms. The lowest BCUT2D eigenvalue weighted by Crippen LogP contribution is -2.03. The highest BCUT2D eigenvalue weighted by Crippen LogP contribution is 2.37. The fourth-order valence-electron chi connectivity index (χ4n) is 3.14. The zero-order valence-electron chi connectivity index (χ0n) is 13.5. The van der Waals surface area contributed by atoms with Crippen LogP contribution >= 0.6 is 11.6 Å². The normalized spacial score (nSPS) is 11.4. The molecule has 5 nitrogen and oxygen atoms in total. The number of aryl methyl sites for hydroxylation is 2. The Morgan fingerprint density at radius 1 is 1.20 bits per heavy atom. The Bertz CT molecular complexity index is 1120. The molecule has 0 aliphatic rings. The molecule has 7 heteroatoms. The first-order valence-corrected chi connectivity index (χ1v) is 7.99. The number of aromatic nitrogens is 4. The number of halogens is 2. The van der Waals surface area contributed by atoms with E-state index in [1.165, 1.54) is 12.1 Å². The molecule has 0 aliphatic heterocycles. The Balaban J connectivity index is 2.06. The molecule has 2 aromatic carbocycles. The van der Waals surface area contributed by atoms with E-state index in [0.717, 1.165) is 11.3 Å². The first-order chi connectivity index (χ1) is 12.0. The highest BCUT2D eigenvalue weighted by molar-refractivity contribution is 6.33. The van der Waals surface area contributed by atoms with Crippen molar-refractivity contribution in [1.29, 1.82) is 0 Å². The van der Waals surface area contributed by atoms with Crippen LogP contribution in [0, 0.1) is 12.7 Å². The Hall–Kier alpha value is -2.86. The summed E-state index contributed by atoms with van der Waals surface area (Å²) in [6.45, 7) is 1.86. The number of rotatable bonds is 2. The molecule has 0 radical (unpaired) electrons. The van der Waals surface area contributed by atoms with Crippen LogP contribution in [0.1, 0.15) is 5.69 Å². The predicted octanol–water partition coefficient (Wildman–Crippen LogP) is 4.23. The van der Waals surface area contributed by atoms with Gasteiger partial charge in [0, 0.05) is 18.2 Å². The molecule has 2 aromatic heterocycles. The summed E-state index contributed by atoms with van der Waals surface area (Å²) in [4.78, 5) is 4.35. The van der Waals surface area contributed by atoms with E-state index in [9.17, 15) is 9.50 Å². The molecule has 0 fully saturated rings. The summed E-state index contributed by atoms with van der Waals surface area (Å²) in [5.41, 5.74) is 3.40. The van der Waals surface area contributed by atoms with E-state index < -0.39 is 5.82 Å². The van der Waals surface area contributed by atoms with Gasteiger partial charge in [-0.2, -0.15) is 5.10 Å². The number of benzene rings is 2. The number of hydrogen-bond donors (Lipinski definition) is 1. The van der Waals surface area contributed by atoms with Gasteiger partial charge in [-0.25, -0.2) is 9.37 Å². The number of para-hydroxylation sites is 1. The van der Waals surface area contributed by atoms with Crippen LogP contribution in [-0.4, -0.2) is 24.4 Å². The van der Waals surface area contributed by atoms with Crippen LogP contribution in [0.2, 0.25) is 5.02 Å². The molecule has 126 valence electrons. The van der Waals surface area contributed by atoms with Gasteiger partial charge in [-0.15, -0.1) is 0 Å². The van der Waals surface area contributed by atoms with Gasteiger partial charge in [0.1, 0.15) is 29.2 Å². The maximum atomic E-state index is 13.5. The predicted molar refractivity (Wildman–Crippen MR) is 94.6 cm³/mol. The molecule has 0 spiro atoms. The third kappa shape index (κ3) is 2.37. The van der Waals surface area contributed by atoms with Crippen molar-refractivity contribution in [3.63, 3.8) is 0 Å². The summed E-state index contributed by atoms with van der Waals surface area (Å²) < 4.78 is 16.9. The number of fused-ring (bicyclic) bond motifs is 1. The van der Waals surface area contributed by atoms with Gasteiger partial charge >= 0.3 is 0 Å². The van der Waals surface area contributed by atoms with Crippen LogP contribution in [0.3, 0.4) is 0 Å². The van der Waals surface area contributed by atoms with Gasteiger partial charge < -0.3 is 5.11 Å². The van der Waals surface area contributed by atoms with Crippen molar-refractivity contribution in [2.45, 2.75) is 6.92 Å². The van der Waals surface area contributed by atoms with Gasteiger partial charge in [-0.05, 0) is 37.3 Å². The monoisotopic (exact) mass is 356 g/mol. The molecular weight excluding hydrogens is 343 g/mol.